The monoisotopic (exact) mass is 188 g/mol. The second-order valence-corrected chi connectivity index (χ2v) is 3.51. The Kier molecular flexibility index (Phi) is 4.45. The highest BCUT2D eigenvalue weighted by atomic mass is 14.1. The highest BCUT2D eigenvalue weighted by Gasteiger charge is 2.07. The molecule has 0 heteroatoms. The van der Waals surface area contributed by atoms with Crippen molar-refractivity contribution in [2.75, 3.05) is 0 Å². The minimum absolute atomic E-state index is 1.08. The molecular formula is C14H20. The molecule has 0 unspecified atom stereocenters. The van der Waals surface area contributed by atoms with Crippen LogP contribution in [-0.2, 0) is 0 Å². The van der Waals surface area contributed by atoms with Gasteiger partial charge in [-0.3, -0.25) is 0 Å². The quantitative estimate of drug-likeness (QED) is 0.522. The van der Waals surface area contributed by atoms with Crippen LogP contribution >= 0.6 is 0 Å². The lowest BCUT2D eigenvalue weighted by atomic mass is 9.93. The summed E-state index contributed by atoms with van der Waals surface area (Å²) in [5.74, 6) is 0. The molecule has 0 saturated carbocycles. The van der Waals surface area contributed by atoms with E-state index >= 15 is 0 Å². The summed E-state index contributed by atoms with van der Waals surface area (Å²) >= 11 is 0. The van der Waals surface area contributed by atoms with Gasteiger partial charge in [-0.15, -0.1) is 0 Å². The number of rotatable bonds is 0. The third-order valence-electron chi connectivity index (χ3n) is 2.45. The summed E-state index contributed by atoms with van der Waals surface area (Å²) in [5.41, 5.74) is 4.44. The van der Waals surface area contributed by atoms with E-state index in [1.165, 1.54) is 29.6 Å². The van der Waals surface area contributed by atoms with E-state index in [4.69, 9.17) is 0 Å². The Hall–Kier alpha value is -1.04. The second kappa shape index (κ2) is 5.64. The van der Waals surface area contributed by atoms with Crippen LogP contribution in [0.5, 0.6) is 0 Å². The Morgan fingerprint density at radius 2 is 1.71 bits per heavy atom. The molecule has 0 heterocycles. The molecule has 2 rings (SSSR count). The maximum Gasteiger partial charge on any atom is -0.0163 e. The molecule has 2 aliphatic rings. The van der Waals surface area contributed by atoms with Gasteiger partial charge >= 0.3 is 0 Å². The van der Waals surface area contributed by atoms with Gasteiger partial charge in [0, 0.05) is 0 Å². The molecule has 76 valence electrons. The van der Waals surface area contributed by atoms with E-state index in [9.17, 15) is 0 Å². The van der Waals surface area contributed by atoms with E-state index in [2.05, 4.69) is 37.3 Å². The Morgan fingerprint density at radius 3 is 2.50 bits per heavy atom. The molecule has 0 aromatic heterocycles. The fourth-order valence-electron chi connectivity index (χ4n) is 1.73. The Balaban J connectivity index is 0.000000461. The Morgan fingerprint density at radius 1 is 1.00 bits per heavy atom. The summed E-state index contributed by atoms with van der Waals surface area (Å²) in [7, 11) is 0. The molecule has 14 heavy (non-hydrogen) atoms. The minimum atomic E-state index is 1.08. The molecule has 0 atom stereocenters. The first kappa shape index (κ1) is 11.0. The van der Waals surface area contributed by atoms with Crippen LogP contribution < -0.4 is 0 Å². The number of hydrogen-bond donors (Lipinski definition) is 0. The van der Waals surface area contributed by atoms with E-state index in [-0.39, 0.29) is 0 Å². The molecule has 0 amide bonds. The molecule has 0 aromatic carbocycles. The van der Waals surface area contributed by atoms with Gasteiger partial charge < -0.3 is 0 Å². The van der Waals surface area contributed by atoms with Gasteiger partial charge in [0.25, 0.3) is 0 Å². The molecule has 0 radical (unpaired) electrons. The van der Waals surface area contributed by atoms with Gasteiger partial charge in [0.05, 0.1) is 0 Å². The molecule has 0 spiro atoms. The van der Waals surface area contributed by atoms with Crippen molar-refractivity contribution in [2.45, 2.75) is 40.0 Å². The van der Waals surface area contributed by atoms with Crippen molar-refractivity contribution in [1.29, 1.82) is 0 Å². The van der Waals surface area contributed by atoms with Gasteiger partial charge in [-0.2, -0.15) is 0 Å². The van der Waals surface area contributed by atoms with Gasteiger partial charge in [0.2, 0.25) is 0 Å². The van der Waals surface area contributed by atoms with Crippen molar-refractivity contribution in [3.8, 4) is 0 Å². The molecule has 0 aliphatic heterocycles. The summed E-state index contributed by atoms with van der Waals surface area (Å²) in [4.78, 5) is 0. The van der Waals surface area contributed by atoms with Crippen molar-refractivity contribution in [1.82, 2.24) is 0 Å². The fourth-order valence-corrected chi connectivity index (χ4v) is 1.73. The molecule has 0 aromatic rings. The van der Waals surface area contributed by atoms with E-state index in [0.717, 1.165) is 6.42 Å². The minimum Gasteiger partial charge on any atom is -0.0804 e. The van der Waals surface area contributed by atoms with Gasteiger partial charge in [-0.05, 0) is 37.3 Å². The highest BCUT2D eigenvalue weighted by molar-refractivity contribution is 5.46. The van der Waals surface area contributed by atoms with E-state index in [1.54, 1.807) is 0 Å². The standard InChI is InChI=1S/C12H14.C2H6/c1-10-7-8-11-5-3-2-4-6-12(11)9-10;1-2/h3-6,9H,2,7-8H2,1H3;1-2H3. The first-order chi connectivity index (χ1) is 6.86. The zero-order valence-corrected chi connectivity index (χ0v) is 9.51. The average molecular weight is 188 g/mol. The zero-order chi connectivity index (χ0) is 10.4. The van der Waals surface area contributed by atoms with Crippen molar-refractivity contribution in [2.24, 2.45) is 0 Å². The average Bonchev–Trinajstić information content (AvgIpc) is 2.45. The maximum absolute atomic E-state index is 2.31. The lowest BCUT2D eigenvalue weighted by Crippen LogP contribution is -1.93. The molecule has 0 fully saturated rings. The third kappa shape index (κ3) is 2.73. The van der Waals surface area contributed by atoms with E-state index < -0.39 is 0 Å². The third-order valence-corrected chi connectivity index (χ3v) is 2.45. The lowest BCUT2D eigenvalue weighted by molar-refractivity contribution is 0.917. The van der Waals surface area contributed by atoms with Crippen LogP contribution in [-0.4, -0.2) is 0 Å². The van der Waals surface area contributed by atoms with Crippen LogP contribution in [0.1, 0.15) is 40.0 Å². The number of allylic oxidation sites excluding steroid dienone is 8. The predicted octanol–water partition coefficient (Wildman–Crippen LogP) is 4.57. The first-order valence-corrected chi connectivity index (χ1v) is 5.59. The zero-order valence-electron chi connectivity index (χ0n) is 9.51. The second-order valence-electron chi connectivity index (χ2n) is 3.51. The van der Waals surface area contributed by atoms with Crippen LogP contribution in [0.2, 0.25) is 0 Å². The van der Waals surface area contributed by atoms with Crippen LogP contribution in [0, 0.1) is 0 Å². The summed E-state index contributed by atoms with van der Waals surface area (Å²) in [6, 6.07) is 0. The first-order valence-electron chi connectivity index (χ1n) is 5.59. The van der Waals surface area contributed by atoms with Gasteiger partial charge in [-0.1, -0.05) is 49.8 Å². The molecule has 0 saturated heterocycles. The fraction of sp³-hybridized carbons (Fsp3) is 0.429. The van der Waals surface area contributed by atoms with Crippen LogP contribution in [0.4, 0.5) is 0 Å². The van der Waals surface area contributed by atoms with Crippen molar-refractivity contribution in [3.63, 3.8) is 0 Å². The van der Waals surface area contributed by atoms with Crippen molar-refractivity contribution < 1.29 is 0 Å². The predicted molar refractivity (Wildman–Crippen MR) is 64.3 cm³/mol. The van der Waals surface area contributed by atoms with Crippen LogP contribution in [0.25, 0.3) is 0 Å². The van der Waals surface area contributed by atoms with Crippen molar-refractivity contribution >= 4 is 0 Å². The SMILES string of the molecule is CC.CC1=CC2=C(C=CCC=C2)CC1. The summed E-state index contributed by atoms with van der Waals surface area (Å²) in [5, 5.41) is 0. The smallest absolute Gasteiger partial charge is 0.0163 e. The number of hydrogen-bond acceptors (Lipinski definition) is 0. The van der Waals surface area contributed by atoms with Gasteiger partial charge in [0.1, 0.15) is 0 Å². The van der Waals surface area contributed by atoms with E-state index in [1.807, 2.05) is 13.8 Å². The normalized spacial score (nSPS) is 19.2. The van der Waals surface area contributed by atoms with E-state index in [0.29, 0.717) is 0 Å². The maximum atomic E-state index is 2.31. The Bertz CT molecular complexity index is 298. The van der Waals surface area contributed by atoms with Gasteiger partial charge in [-0.25, -0.2) is 0 Å². The Labute approximate surface area is 87.7 Å². The molecule has 0 nitrogen and oxygen atoms in total. The molecule has 0 bridgehead atoms. The van der Waals surface area contributed by atoms with Crippen molar-refractivity contribution in [3.05, 3.63) is 47.1 Å². The van der Waals surface area contributed by atoms with Crippen LogP contribution in [0.15, 0.2) is 47.1 Å². The van der Waals surface area contributed by atoms with Gasteiger partial charge in [0.15, 0.2) is 0 Å². The molecular weight excluding hydrogens is 168 g/mol. The highest BCUT2D eigenvalue weighted by Crippen LogP contribution is 2.26. The topological polar surface area (TPSA) is 0 Å². The van der Waals surface area contributed by atoms with Crippen LogP contribution in [0.3, 0.4) is 0 Å². The lowest BCUT2D eigenvalue weighted by Gasteiger charge is -2.12. The molecule has 2 aliphatic carbocycles. The molecule has 0 N–H and O–H groups in total. The summed E-state index contributed by atoms with van der Waals surface area (Å²) in [6.45, 7) is 6.21. The largest absolute Gasteiger partial charge is 0.0804 e. The summed E-state index contributed by atoms with van der Waals surface area (Å²) < 4.78 is 0. The summed E-state index contributed by atoms with van der Waals surface area (Å²) in [6.07, 6.45) is 14.8.